The van der Waals surface area contributed by atoms with Gasteiger partial charge in [0.1, 0.15) is 0 Å². The van der Waals surface area contributed by atoms with E-state index in [1.54, 1.807) is 6.04 Å². The number of hydrogen-bond acceptors (Lipinski definition) is 1. The first-order chi connectivity index (χ1) is 11.0. The zero-order valence-corrected chi connectivity index (χ0v) is 18.9. The molecule has 0 atom stereocenters. The first-order valence-electron chi connectivity index (χ1n) is 10.6. The summed E-state index contributed by atoms with van der Waals surface area (Å²) in [7, 11) is -0.871. The molecule has 2 heteroatoms. The van der Waals surface area contributed by atoms with Gasteiger partial charge in [0.25, 0.3) is 0 Å². The third-order valence-corrected chi connectivity index (χ3v) is 9.42. The monoisotopic (exact) mass is 358 g/mol. The van der Waals surface area contributed by atoms with Crippen molar-refractivity contribution >= 4 is 19.8 Å². The van der Waals surface area contributed by atoms with Crippen LogP contribution in [0.5, 0.6) is 0 Å². The van der Waals surface area contributed by atoms with E-state index >= 15 is 0 Å². The fourth-order valence-electron chi connectivity index (χ4n) is 3.75. The molecule has 0 aromatic carbocycles. The standard InChI is InChI=1S/C21H46SSi/c1-6-22-18-16-14-12-10-8-7-9-11-13-15-17-19-23(4,5)20-21(2)3/h21H,6-20H2,1-5H3. The zero-order chi connectivity index (χ0) is 17.4. The van der Waals surface area contributed by atoms with E-state index in [4.69, 9.17) is 0 Å². The minimum Gasteiger partial charge on any atom is -0.162 e. The highest BCUT2D eigenvalue weighted by atomic mass is 32.2. The molecule has 0 aromatic heterocycles. The topological polar surface area (TPSA) is 0 Å². The summed E-state index contributed by atoms with van der Waals surface area (Å²) in [5.41, 5.74) is 0. The highest BCUT2D eigenvalue weighted by Gasteiger charge is 2.20. The molecule has 0 aliphatic rings. The summed E-state index contributed by atoms with van der Waals surface area (Å²) in [6.45, 7) is 12.2. The highest BCUT2D eigenvalue weighted by molar-refractivity contribution is 7.99. The van der Waals surface area contributed by atoms with Crippen LogP contribution < -0.4 is 0 Å². The van der Waals surface area contributed by atoms with Crippen molar-refractivity contribution in [3.8, 4) is 0 Å². The van der Waals surface area contributed by atoms with E-state index in [-0.39, 0.29) is 0 Å². The molecule has 0 saturated heterocycles. The Bertz CT molecular complexity index is 238. The second-order valence-electron chi connectivity index (χ2n) is 8.60. The van der Waals surface area contributed by atoms with Crippen LogP contribution in [0.3, 0.4) is 0 Å². The van der Waals surface area contributed by atoms with Crippen LogP contribution >= 0.6 is 11.8 Å². The van der Waals surface area contributed by atoms with E-state index in [2.05, 4.69) is 45.6 Å². The van der Waals surface area contributed by atoms with Gasteiger partial charge in [0.05, 0.1) is 0 Å². The number of hydrogen-bond donors (Lipinski definition) is 0. The molecular weight excluding hydrogens is 312 g/mol. The van der Waals surface area contributed by atoms with Crippen LogP contribution in [0.25, 0.3) is 0 Å². The Kier molecular flexibility index (Phi) is 16.5. The van der Waals surface area contributed by atoms with Gasteiger partial charge in [0.2, 0.25) is 0 Å². The lowest BCUT2D eigenvalue weighted by atomic mass is 10.1. The normalized spacial score (nSPS) is 12.3. The maximum absolute atomic E-state index is 2.59. The molecule has 0 N–H and O–H groups in total. The van der Waals surface area contributed by atoms with Gasteiger partial charge < -0.3 is 0 Å². The average Bonchev–Trinajstić information content (AvgIpc) is 2.46. The van der Waals surface area contributed by atoms with Crippen molar-refractivity contribution in [2.75, 3.05) is 11.5 Å². The minimum atomic E-state index is -0.871. The quantitative estimate of drug-likeness (QED) is 0.186. The molecule has 0 rings (SSSR count). The molecule has 0 amide bonds. The van der Waals surface area contributed by atoms with Crippen molar-refractivity contribution in [2.24, 2.45) is 5.92 Å². The van der Waals surface area contributed by atoms with E-state index in [0.29, 0.717) is 0 Å². The molecule has 0 aromatic rings. The first-order valence-corrected chi connectivity index (χ1v) is 15.1. The zero-order valence-electron chi connectivity index (χ0n) is 17.1. The van der Waals surface area contributed by atoms with Crippen molar-refractivity contribution in [3.63, 3.8) is 0 Å². The second-order valence-corrected chi connectivity index (χ2v) is 15.2. The summed E-state index contributed by atoms with van der Waals surface area (Å²) in [5, 5.41) is 0. The smallest absolute Gasteiger partial charge is 0.0476 e. The van der Waals surface area contributed by atoms with Gasteiger partial charge in [-0.05, 0) is 23.8 Å². The Morgan fingerprint density at radius 3 is 1.57 bits per heavy atom. The van der Waals surface area contributed by atoms with Gasteiger partial charge in [-0.3, -0.25) is 0 Å². The number of unbranched alkanes of at least 4 members (excludes halogenated alkanes) is 10. The highest BCUT2D eigenvalue weighted by Crippen LogP contribution is 2.24. The predicted octanol–water partition coefficient (Wildman–Crippen LogP) is 8.40. The van der Waals surface area contributed by atoms with E-state index in [0.717, 1.165) is 5.92 Å². The molecule has 0 spiro atoms. The Labute approximate surface area is 154 Å². The lowest BCUT2D eigenvalue weighted by Gasteiger charge is -2.24. The Hall–Kier alpha value is 0.567. The van der Waals surface area contributed by atoms with Crippen molar-refractivity contribution < 1.29 is 0 Å². The van der Waals surface area contributed by atoms with Crippen LogP contribution in [0.15, 0.2) is 0 Å². The van der Waals surface area contributed by atoms with Crippen LogP contribution in [-0.4, -0.2) is 19.6 Å². The largest absolute Gasteiger partial charge is 0.162 e. The summed E-state index contributed by atoms with van der Waals surface area (Å²) in [5.74, 6) is 3.58. The molecule has 140 valence electrons. The van der Waals surface area contributed by atoms with Crippen molar-refractivity contribution in [1.29, 1.82) is 0 Å². The minimum absolute atomic E-state index is 0.871. The molecule has 0 fully saturated rings. The van der Waals surface area contributed by atoms with Gasteiger partial charge in [0.15, 0.2) is 0 Å². The fourth-order valence-corrected chi connectivity index (χ4v) is 8.07. The van der Waals surface area contributed by atoms with Crippen molar-refractivity contribution in [3.05, 3.63) is 0 Å². The molecule has 23 heavy (non-hydrogen) atoms. The van der Waals surface area contributed by atoms with Gasteiger partial charge in [-0.1, -0.05) is 110 Å². The molecule has 0 aliphatic heterocycles. The van der Waals surface area contributed by atoms with E-state index in [1.807, 2.05) is 0 Å². The lowest BCUT2D eigenvalue weighted by Crippen LogP contribution is -2.26. The molecule has 0 heterocycles. The van der Waals surface area contributed by atoms with Crippen molar-refractivity contribution in [1.82, 2.24) is 0 Å². The van der Waals surface area contributed by atoms with Gasteiger partial charge >= 0.3 is 0 Å². The molecule has 0 saturated carbocycles. The van der Waals surface area contributed by atoms with Crippen molar-refractivity contribution in [2.45, 2.75) is 117 Å². The first kappa shape index (κ1) is 23.6. The molecule has 0 bridgehead atoms. The number of thioether (sulfide) groups is 1. The van der Waals surface area contributed by atoms with Crippen LogP contribution in [0.1, 0.15) is 91.4 Å². The summed E-state index contributed by atoms with van der Waals surface area (Å²) >= 11 is 2.10. The second kappa shape index (κ2) is 16.1. The Morgan fingerprint density at radius 2 is 1.13 bits per heavy atom. The molecular formula is C21H46SSi. The Balaban J connectivity index is 3.19. The molecule has 0 radical (unpaired) electrons. The van der Waals surface area contributed by atoms with Crippen LogP contribution in [0.4, 0.5) is 0 Å². The van der Waals surface area contributed by atoms with Gasteiger partial charge in [0, 0.05) is 8.07 Å². The number of rotatable bonds is 17. The van der Waals surface area contributed by atoms with Gasteiger partial charge in [-0.15, -0.1) is 0 Å². The third kappa shape index (κ3) is 18.7. The summed E-state index contributed by atoms with van der Waals surface area (Å²) < 4.78 is 0. The van der Waals surface area contributed by atoms with Crippen LogP contribution in [0, 0.1) is 5.92 Å². The molecule has 0 aliphatic carbocycles. The van der Waals surface area contributed by atoms with E-state index in [1.165, 1.54) is 88.2 Å². The van der Waals surface area contributed by atoms with Gasteiger partial charge in [-0.25, -0.2) is 0 Å². The third-order valence-electron chi connectivity index (χ3n) is 4.81. The molecule has 0 nitrogen and oxygen atoms in total. The van der Waals surface area contributed by atoms with Gasteiger partial charge in [-0.2, -0.15) is 11.8 Å². The average molecular weight is 359 g/mol. The summed E-state index contributed by atoms with van der Waals surface area (Å²) in [4.78, 5) is 0. The van der Waals surface area contributed by atoms with Crippen LogP contribution in [-0.2, 0) is 0 Å². The lowest BCUT2D eigenvalue weighted by molar-refractivity contribution is 0.554. The molecule has 0 unspecified atom stereocenters. The summed E-state index contributed by atoms with van der Waals surface area (Å²) in [6, 6.07) is 3.08. The predicted molar refractivity (Wildman–Crippen MR) is 116 cm³/mol. The SMILES string of the molecule is CCSCCCCCCCCCCCCC[Si](C)(C)CC(C)C. The summed E-state index contributed by atoms with van der Waals surface area (Å²) in [6.07, 6.45) is 16.3. The Morgan fingerprint density at radius 1 is 0.696 bits per heavy atom. The van der Waals surface area contributed by atoms with Crippen LogP contribution in [0.2, 0.25) is 25.2 Å². The maximum atomic E-state index is 2.59. The fraction of sp³-hybridized carbons (Fsp3) is 1.00. The van der Waals surface area contributed by atoms with E-state index < -0.39 is 8.07 Å². The maximum Gasteiger partial charge on any atom is 0.0476 e. The van der Waals surface area contributed by atoms with E-state index in [9.17, 15) is 0 Å².